The Hall–Kier alpha value is -1.61. The Morgan fingerprint density at radius 3 is 2.59 bits per heavy atom. The molecule has 0 atom stereocenters. The molecule has 0 radical (unpaired) electrons. The number of thiol groups is 1. The van der Waals surface area contributed by atoms with Gasteiger partial charge in [-0.15, -0.1) is 0 Å². The topological polar surface area (TPSA) is 24.1 Å². The Morgan fingerprint density at radius 2 is 1.77 bits per heavy atom. The molecule has 0 saturated carbocycles. The number of hydrazine groups is 1. The number of unbranched alkanes of at least 4 members (excludes halogenated alkanes) is 3. The van der Waals surface area contributed by atoms with Crippen molar-refractivity contribution >= 4 is 24.0 Å². The van der Waals surface area contributed by atoms with Crippen LogP contribution in [0.1, 0.15) is 43.7 Å². The van der Waals surface area contributed by atoms with Crippen molar-refractivity contribution in [1.29, 1.82) is 0 Å². The van der Waals surface area contributed by atoms with Gasteiger partial charge in [-0.2, -0.15) is 12.6 Å². The van der Waals surface area contributed by atoms with E-state index in [0.29, 0.717) is 0 Å². The Labute approximate surface area is 139 Å². The maximum atomic E-state index is 4.36. The summed E-state index contributed by atoms with van der Waals surface area (Å²) in [6.45, 7) is 2.25. The maximum absolute atomic E-state index is 4.36. The average molecular weight is 314 g/mol. The van der Waals surface area contributed by atoms with E-state index < -0.39 is 0 Å². The highest BCUT2D eigenvalue weighted by molar-refractivity contribution is 7.79. The molecule has 3 heteroatoms. The van der Waals surface area contributed by atoms with Crippen molar-refractivity contribution < 1.29 is 0 Å². The van der Waals surface area contributed by atoms with Gasteiger partial charge in [0.1, 0.15) is 0 Å². The second kappa shape index (κ2) is 9.42. The molecule has 0 spiro atoms. The van der Waals surface area contributed by atoms with Crippen LogP contribution in [0.3, 0.4) is 0 Å². The Balaban J connectivity index is 1.90. The van der Waals surface area contributed by atoms with Gasteiger partial charge in [0.25, 0.3) is 0 Å². The third-order valence-corrected chi connectivity index (χ3v) is 4.12. The highest BCUT2D eigenvalue weighted by atomic mass is 32.1. The first-order valence-corrected chi connectivity index (χ1v) is 8.76. The Morgan fingerprint density at radius 1 is 0.909 bits per heavy atom. The highest BCUT2D eigenvalue weighted by Gasteiger charge is 2.00. The largest absolute Gasteiger partial charge is 0.301 e. The second-order valence-electron chi connectivity index (χ2n) is 5.58. The highest BCUT2D eigenvalue weighted by Crippen LogP contribution is 2.18. The van der Waals surface area contributed by atoms with Gasteiger partial charge in [0, 0.05) is 5.75 Å². The fourth-order valence-corrected chi connectivity index (χ4v) is 2.76. The minimum absolute atomic E-state index is 0.725. The van der Waals surface area contributed by atoms with Crippen LogP contribution in [0.2, 0.25) is 0 Å². The van der Waals surface area contributed by atoms with Crippen LogP contribution < -0.4 is 10.9 Å². The van der Waals surface area contributed by atoms with Crippen molar-refractivity contribution in [3.05, 3.63) is 59.7 Å². The summed E-state index contributed by atoms with van der Waals surface area (Å²) in [7, 11) is 0. The summed E-state index contributed by atoms with van der Waals surface area (Å²) in [6, 6.07) is 16.8. The molecule has 0 aliphatic rings. The second-order valence-corrected chi connectivity index (χ2v) is 5.89. The van der Waals surface area contributed by atoms with Crippen LogP contribution in [-0.4, -0.2) is 0 Å². The molecular formula is C19H26N2S. The van der Waals surface area contributed by atoms with Crippen molar-refractivity contribution in [2.75, 3.05) is 10.9 Å². The van der Waals surface area contributed by atoms with Crippen molar-refractivity contribution in [3.63, 3.8) is 0 Å². The molecule has 0 fully saturated rings. The zero-order valence-electron chi connectivity index (χ0n) is 13.3. The van der Waals surface area contributed by atoms with Gasteiger partial charge in [0.15, 0.2) is 0 Å². The van der Waals surface area contributed by atoms with E-state index in [9.17, 15) is 0 Å². The fraction of sp³-hybridized carbons (Fsp3) is 0.368. The van der Waals surface area contributed by atoms with Crippen LogP contribution in [0.15, 0.2) is 48.5 Å². The number of para-hydroxylation sites is 1. The third kappa shape index (κ3) is 5.30. The van der Waals surface area contributed by atoms with Gasteiger partial charge in [-0.05, 0) is 42.2 Å². The molecule has 0 unspecified atom stereocenters. The summed E-state index contributed by atoms with van der Waals surface area (Å²) < 4.78 is 0. The zero-order chi connectivity index (χ0) is 15.6. The molecular weight excluding hydrogens is 288 g/mol. The minimum atomic E-state index is 0.725. The number of rotatable bonds is 9. The maximum Gasteiger partial charge on any atom is 0.0580 e. The quantitative estimate of drug-likeness (QED) is 0.315. The molecule has 0 aliphatic carbocycles. The molecule has 118 valence electrons. The van der Waals surface area contributed by atoms with Gasteiger partial charge in [-0.1, -0.05) is 56.5 Å². The number of hydrogen-bond donors (Lipinski definition) is 3. The van der Waals surface area contributed by atoms with Gasteiger partial charge in [-0.3, -0.25) is 0 Å². The van der Waals surface area contributed by atoms with Crippen LogP contribution in [0.25, 0.3) is 0 Å². The summed E-state index contributed by atoms with van der Waals surface area (Å²) in [4.78, 5) is 0. The van der Waals surface area contributed by atoms with Crippen LogP contribution >= 0.6 is 12.6 Å². The van der Waals surface area contributed by atoms with E-state index in [1.54, 1.807) is 0 Å². The average Bonchev–Trinajstić information content (AvgIpc) is 2.57. The van der Waals surface area contributed by atoms with E-state index in [-0.39, 0.29) is 0 Å². The van der Waals surface area contributed by atoms with E-state index >= 15 is 0 Å². The van der Waals surface area contributed by atoms with Crippen molar-refractivity contribution in [2.45, 2.75) is 44.8 Å². The van der Waals surface area contributed by atoms with Crippen LogP contribution in [0, 0.1) is 0 Å². The molecule has 22 heavy (non-hydrogen) atoms. The molecule has 0 aromatic heterocycles. The molecule has 0 aliphatic heterocycles. The van der Waals surface area contributed by atoms with E-state index in [0.717, 1.165) is 23.5 Å². The standard InChI is InChI=1S/C19H26N2S/c1-2-3-4-5-9-16-10-8-12-18(14-16)20-21-19-13-7-6-11-17(19)15-22/h6-8,10-14,20-22H,2-5,9,15H2,1H3. The summed E-state index contributed by atoms with van der Waals surface area (Å²) in [6.07, 6.45) is 6.37. The van der Waals surface area contributed by atoms with Gasteiger partial charge in [0.05, 0.1) is 11.4 Å². The molecule has 2 nitrogen and oxygen atoms in total. The Kier molecular flexibility index (Phi) is 7.17. The Bertz CT molecular complexity index is 569. The zero-order valence-corrected chi connectivity index (χ0v) is 14.2. The lowest BCUT2D eigenvalue weighted by Gasteiger charge is -2.13. The van der Waals surface area contributed by atoms with Crippen molar-refractivity contribution in [2.24, 2.45) is 0 Å². The predicted octanol–water partition coefficient (Wildman–Crippen LogP) is 5.68. The lowest BCUT2D eigenvalue weighted by Crippen LogP contribution is -2.10. The van der Waals surface area contributed by atoms with E-state index in [1.807, 2.05) is 12.1 Å². The van der Waals surface area contributed by atoms with Gasteiger partial charge >= 0.3 is 0 Å². The molecule has 0 amide bonds. The van der Waals surface area contributed by atoms with E-state index in [2.05, 4.69) is 66.8 Å². The van der Waals surface area contributed by atoms with Gasteiger partial charge in [-0.25, -0.2) is 0 Å². The molecule has 0 bridgehead atoms. The normalized spacial score (nSPS) is 10.5. The van der Waals surface area contributed by atoms with Crippen molar-refractivity contribution in [1.82, 2.24) is 0 Å². The summed E-state index contributed by atoms with van der Waals surface area (Å²) in [5.74, 6) is 0.725. The number of nitrogens with one attached hydrogen (secondary N) is 2. The van der Waals surface area contributed by atoms with Gasteiger partial charge in [0.2, 0.25) is 0 Å². The smallest absolute Gasteiger partial charge is 0.0580 e. The lowest BCUT2D eigenvalue weighted by atomic mass is 10.1. The summed E-state index contributed by atoms with van der Waals surface area (Å²) >= 11 is 4.36. The summed E-state index contributed by atoms with van der Waals surface area (Å²) in [5.41, 5.74) is 11.3. The molecule has 2 rings (SSSR count). The number of aryl methyl sites for hydroxylation is 1. The summed E-state index contributed by atoms with van der Waals surface area (Å²) in [5, 5.41) is 0. The first-order chi connectivity index (χ1) is 10.8. The number of benzene rings is 2. The minimum Gasteiger partial charge on any atom is -0.301 e. The SMILES string of the molecule is CCCCCCc1cccc(NNc2ccccc2CS)c1. The van der Waals surface area contributed by atoms with Crippen molar-refractivity contribution in [3.8, 4) is 0 Å². The number of anilines is 2. The molecule has 0 saturated heterocycles. The van der Waals surface area contributed by atoms with E-state index in [1.165, 1.54) is 36.8 Å². The third-order valence-electron chi connectivity index (χ3n) is 3.78. The molecule has 0 heterocycles. The predicted molar refractivity (Wildman–Crippen MR) is 101 cm³/mol. The molecule has 2 aromatic rings. The molecule has 2 N–H and O–H groups in total. The van der Waals surface area contributed by atoms with Crippen LogP contribution in [0.4, 0.5) is 11.4 Å². The first-order valence-electron chi connectivity index (χ1n) is 8.13. The fourth-order valence-electron chi connectivity index (χ4n) is 2.48. The van der Waals surface area contributed by atoms with Gasteiger partial charge < -0.3 is 10.9 Å². The van der Waals surface area contributed by atoms with E-state index in [4.69, 9.17) is 0 Å². The van der Waals surface area contributed by atoms with Crippen LogP contribution in [-0.2, 0) is 12.2 Å². The monoisotopic (exact) mass is 314 g/mol. The van der Waals surface area contributed by atoms with Crippen LogP contribution in [0.5, 0.6) is 0 Å². The number of hydrogen-bond acceptors (Lipinski definition) is 3. The first kappa shape index (κ1) is 16.8. The lowest BCUT2D eigenvalue weighted by molar-refractivity contribution is 0.667. The molecule has 2 aromatic carbocycles.